The Labute approximate surface area is 194 Å². The average Bonchev–Trinajstić information content (AvgIpc) is 3.52. The predicted molar refractivity (Wildman–Crippen MR) is 124 cm³/mol. The molecule has 2 aromatic heterocycles. The number of imide groups is 1. The van der Waals surface area contributed by atoms with Crippen LogP contribution in [0.5, 0.6) is 0 Å². The maximum atomic E-state index is 13.3. The maximum Gasteiger partial charge on any atom is 0.322 e. The molecule has 1 aliphatic rings. The van der Waals surface area contributed by atoms with Crippen LogP contribution in [0.15, 0.2) is 77.3 Å². The lowest BCUT2D eigenvalue weighted by molar-refractivity contribution is -0.123. The minimum Gasteiger partial charge on any atom is -0.460 e. The first-order valence-corrected chi connectivity index (χ1v) is 10.6. The highest BCUT2D eigenvalue weighted by molar-refractivity contribution is 6.09. The van der Waals surface area contributed by atoms with E-state index in [1.807, 2.05) is 43.3 Å². The number of hydrogen-bond donors (Lipinski definition) is 3. The topological polar surface area (TPSA) is 118 Å². The number of carbonyl (C=O) groups is 3. The number of rotatable bonds is 5. The van der Waals surface area contributed by atoms with Gasteiger partial charge in [0, 0.05) is 11.9 Å². The Morgan fingerprint density at radius 1 is 1.06 bits per heavy atom. The smallest absolute Gasteiger partial charge is 0.322 e. The molecule has 170 valence electrons. The molecule has 4 aromatic rings. The lowest BCUT2D eigenvalue weighted by Crippen LogP contribution is -2.40. The van der Waals surface area contributed by atoms with Crippen LogP contribution in [0.1, 0.15) is 28.6 Å². The van der Waals surface area contributed by atoms with E-state index in [0.717, 1.165) is 5.69 Å². The third-order valence-electron chi connectivity index (χ3n) is 5.70. The van der Waals surface area contributed by atoms with Crippen LogP contribution in [-0.2, 0) is 10.3 Å². The van der Waals surface area contributed by atoms with Crippen molar-refractivity contribution in [3.63, 3.8) is 0 Å². The molecule has 0 spiro atoms. The summed E-state index contributed by atoms with van der Waals surface area (Å²) in [6, 6.07) is 19.2. The van der Waals surface area contributed by atoms with Gasteiger partial charge in [0.15, 0.2) is 5.76 Å². The van der Waals surface area contributed by atoms with Crippen LogP contribution in [0.25, 0.3) is 17.1 Å². The summed E-state index contributed by atoms with van der Waals surface area (Å²) in [4.78, 5) is 37.3. The van der Waals surface area contributed by atoms with Crippen molar-refractivity contribution in [3.8, 4) is 17.1 Å². The van der Waals surface area contributed by atoms with E-state index in [1.54, 1.807) is 48.1 Å². The molecule has 4 amide bonds. The number of aromatic nitrogens is 2. The number of anilines is 1. The number of para-hydroxylation sites is 1. The molecule has 2 aromatic carbocycles. The summed E-state index contributed by atoms with van der Waals surface area (Å²) in [5.74, 6) is 0.325. The van der Waals surface area contributed by atoms with Gasteiger partial charge in [-0.1, -0.05) is 30.3 Å². The first kappa shape index (κ1) is 21.2. The number of nitrogens with one attached hydrogen (secondary N) is 3. The average molecular weight is 455 g/mol. The Balaban J connectivity index is 1.49. The number of amides is 4. The van der Waals surface area contributed by atoms with Gasteiger partial charge < -0.3 is 15.1 Å². The molecule has 9 heteroatoms. The van der Waals surface area contributed by atoms with Crippen LogP contribution >= 0.6 is 0 Å². The second-order valence-electron chi connectivity index (χ2n) is 8.15. The molecule has 1 fully saturated rings. The van der Waals surface area contributed by atoms with E-state index in [2.05, 4.69) is 21.0 Å². The lowest BCUT2D eigenvalue weighted by atomic mass is 9.92. The van der Waals surface area contributed by atoms with E-state index in [-0.39, 0.29) is 0 Å². The molecule has 3 N–H and O–H groups in total. The number of nitrogens with zero attached hydrogens (tertiary/aromatic N) is 2. The molecule has 5 rings (SSSR count). The van der Waals surface area contributed by atoms with Crippen molar-refractivity contribution in [2.45, 2.75) is 19.4 Å². The van der Waals surface area contributed by atoms with Crippen molar-refractivity contribution in [2.24, 2.45) is 0 Å². The fraction of sp³-hybridized carbons (Fsp3) is 0.120. The van der Waals surface area contributed by atoms with E-state index in [9.17, 15) is 14.4 Å². The molecule has 34 heavy (non-hydrogen) atoms. The second-order valence-corrected chi connectivity index (χ2v) is 8.15. The number of urea groups is 1. The molecular weight excluding hydrogens is 434 g/mol. The van der Waals surface area contributed by atoms with E-state index < -0.39 is 23.4 Å². The molecule has 1 aliphatic heterocycles. The molecule has 1 saturated heterocycles. The fourth-order valence-corrected chi connectivity index (χ4v) is 3.85. The highest BCUT2D eigenvalue weighted by Gasteiger charge is 2.43. The van der Waals surface area contributed by atoms with Crippen molar-refractivity contribution >= 4 is 23.5 Å². The summed E-state index contributed by atoms with van der Waals surface area (Å²) in [5, 5.41) is 12.3. The monoisotopic (exact) mass is 455 g/mol. The van der Waals surface area contributed by atoms with Gasteiger partial charge in [-0.25, -0.2) is 9.48 Å². The highest BCUT2D eigenvalue weighted by atomic mass is 16.3. The van der Waals surface area contributed by atoms with Crippen LogP contribution in [0, 0.1) is 6.92 Å². The summed E-state index contributed by atoms with van der Waals surface area (Å²) in [7, 11) is 0. The minimum atomic E-state index is -1.23. The SMILES string of the molecule is Cc1ccc(-c2nn(-c3ccccc3)cc2C(=O)Nc2cccc(C3(C)NC(=O)NC3=O)c2)o1. The number of hydrogen-bond acceptors (Lipinski definition) is 5. The van der Waals surface area contributed by atoms with Crippen molar-refractivity contribution in [1.29, 1.82) is 0 Å². The quantitative estimate of drug-likeness (QED) is 0.396. The number of benzene rings is 2. The zero-order valence-electron chi connectivity index (χ0n) is 18.5. The normalized spacial score (nSPS) is 17.4. The van der Waals surface area contributed by atoms with Gasteiger partial charge in [-0.2, -0.15) is 5.10 Å². The van der Waals surface area contributed by atoms with Gasteiger partial charge in [0.2, 0.25) is 0 Å². The Morgan fingerprint density at radius 3 is 2.53 bits per heavy atom. The van der Waals surface area contributed by atoms with Crippen LogP contribution in [0.3, 0.4) is 0 Å². The Morgan fingerprint density at radius 2 is 1.85 bits per heavy atom. The summed E-state index contributed by atoms with van der Waals surface area (Å²) >= 11 is 0. The Hall–Kier alpha value is -4.66. The summed E-state index contributed by atoms with van der Waals surface area (Å²) in [6.07, 6.45) is 1.65. The van der Waals surface area contributed by atoms with E-state index in [4.69, 9.17) is 4.42 Å². The van der Waals surface area contributed by atoms with Crippen LogP contribution in [0.4, 0.5) is 10.5 Å². The Bertz CT molecular complexity index is 1420. The zero-order valence-corrected chi connectivity index (χ0v) is 18.5. The molecule has 0 aliphatic carbocycles. The van der Waals surface area contributed by atoms with Gasteiger partial charge in [-0.15, -0.1) is 0 Å². The van der Waals surface area contributed by atoms with Gasteiger partial charge in [0.1, 0.15) is 17.0 Å². The van der Waals surface area contributed by atoms with Crippen molar-refractivity contribution in [1.82, 2.24) is 20.4 Å². The van der Waals surface area contributed by atoms with Gasteiger partial charge in [0.05, 0.1) is 11.3 Å². The highest BCUT2D eigenvalue weighted by Crippen LogP contribution is 2.29. The number of furan rings is 1. The zero-order chi connectivity index (χ0) is 23.9. The van der Waals surface area contributed by atoms with Gasteiger partial charge in [-0.3, -0.25) is 14.9 Å². The van der Waals surface area contributed by atoms with Crippen LogP contribution in [-0.4, -0.2) is 27.6 Å². The minimum absolute atomic E-state index is 0.321. The third-order valence-corrected chi connectivity index (χ3v) is 5.70. The Kier molecular flexibility index (Phi) is 5.01. The molecule has 0 bridgehead atoms. The molecular formula is C25H21N5O4. The number of aryl methyl sites for hydroxylation is 1. The van der Waals surface area contributed by atoms with E-state index in [0.29, 0.717) is 34.0 Å². The first-order chi connectivity index (χ1) is 16.3. The van der Waals surface area contributed by atoms with E-state index in [1.165, 1.54) is 0 Å². The number of carbonyl (C=O) groups excluding carboxylic acids is 3. The summed E-state index contributed by atoms with van der Waals surface area (Å²) in [6.45, 7) is 3.43. The molecule has 0 radical (unpaired) electrons. The standard InChI is InChI=1S/C25H21N5O4/c1-15-11-12-20(34-15)21-19(14-30(29-21)18-9-4-3-5-10-18)22(31)26-17-8-6-7-16(13-17)25(2)23(32)27-24(33)28-25/h3-14H,1-2H3,(H,26,31)(H2,27,28,32,33). The predicted octanol–water partition coefficient (Wildman–Crippen LogP) is 3.75. The van der Waals surface area contributed by atoms with Gasteiger partial charge in [0.25, 0.3) is 11.8 Å². The second kappa shape index (κ2) is 8.04. The van der Waals surface area contributed by atoms with Crippen molar-refractivity contribution in [2.75, 3.05) is 5.32 Å². The van der Waals surface area contributed by atoms with Crippen LogP contribution < -0.4 is 16.0 Å². The summed E-state index contributed by atoms with van der Waals surface area (Å²) in [5.41, 5.74) is 1.29. The maximum absolute atomic E-state index is 13.3. The molecule has 3 heterocycles. The first-order valence-electron chi connectivity index (χ1n) is 10.6. The lowest BCUT2D eigenvalue weighted by Gasteiger charge is -2.21. The fourth-order valence-electron chi connectivity index (χ4n) is 3.85. The van der Waals surface area contributed by atoms with Gasteiger partial charge in [-0.05, 0) is 55.8 Å². The summed E-state index contributed by atoms with van der Waals surface area (Å²) < 4.78 is 7.36. The third kappa shape index (κ3) is 3.73. The van der Waals surface area contributed by atoms with Crippen molar-refractivity contribution in [3.05, 3.63) is 89.8 Å². The van der Waals surface area contributed by atoms with Crippen molar-refractivity contribution < 1.29 is 18.8 Å². The molecule has 1 atom stereocenters. The van der Waals surface area contributed by atoms with Crippen LogP contribution in [0.2, 0.25) is 0 Å². The largest absolute Gasteiger partial charge is 0.460 e. The molecule has 9 nitrogen and oxygen atoms in total. The van der Waals surface area contributed by atoms with Gasteiger partial charge >= 0.3 is 6.03 Å². The van der Waals surface area contributed by atoms with E-state index >= 15 is 0 Å². The molecule has 1 unspecified atom stereocenters. The molecule has 0 saturated carbocycles.